The van der Waals surface area contributed by atoms with E-state index < -0.39 is 0 Å². The molecule has 170 valence electrons. The highest BCUT2D eigenvalue weighted by Gasteiger charge is 2.17. The number of ether oxygens (including phenoxy) is 2. The van der Waals surface area contributed by atoms with Crippen molar-refractivity contribution < 1.29 is 14.3 Å². The first kappa shape index (κ1) is 23.8. The van der Waals surface area contributed by atoms with Crippen LogP contribution in [-0.2, 0) is 13.1 Å². The molecule has 0 aliphatic rings. The van der Waals surface area contributed by atoms with Gasteiger partial charge in [-0.2, -0.15) is 0 Å². The molecule has 32 heavy (non-hydrogen) atoms. The molecule has 0 radical (unpaired) electrons. The summed E-state index contributed by atoms with van der Waals surface area (Å²) in [5.74, 6) is 1.18. The average Bonchev–Trinajstić information content (AvgIpc) is 3.22. The van der Waals surface area contributed by atoms with Crippen LogP contribution in [0.4, 0.5) is 0 Å². The molecule has 1 heterocycles. The van der Waals surface area contributed by atoms with Crippen molar-refractivity contribution in [1.82, 2.24) is 15.2 Å². The predicted molar refractivity (Wildman–Crippen MR) is 130 cm³/mol. The molecule has 0 atom stereocenters. The van der Waals surface area contributed by atoms with Crippen LogP contribution in [0, 0.1) is 6.92 Å². The number of nitrogens with zero attached hydrogens (tertiary/aromatic N) is 2. The van der Waals surface area contributed by atoms with Crippen molar-refractivity contribution >= 4 is 17.2 Å². The normalized spacial score (nSPS) is 10.9. The quantitative estimate of drug-likeness (QED) is 0.473. The third-order valence-corrected chi connectivity index (χ3v) is 6.62. The molecule has 0 bridgehead atoms. The topological polar surface area (TPSA) is 63.7 Å². The van der Waals surface area contributed by atoms with Gasteiger partial charge in [0, 0.05) is 18.7 Å². The Balaban J connectivity index is 1.66. The van der Waals surface area contributed by atoms with Crippen molar-refractivity contribution in [1.29, 1.82) is 0 Å². The summed E-state index contributed by atoms with van der Waals surface area (Å²) in [5, 5.41) is 3.79. The lowest BCUT2D eigenvalue weighted by Gasteiger charge is -2.18. The number of thiazole rings is 1. The van der Waals surface area contributed by atoms with E-state index in [1.807, 2.05) is 25.1 Å². The van der Waals surface area contributed by atoms with Crippen molar-refractivity contribution in [3.63, 3.8) is 0 Å². The number of hydrogen-bond donors (Lipinski definition) is 1. The summed E-state index contributed by atoms with van der Waals surface area (Å²) in [6.45, 7) is 9.70. The number of methoxy groups -OCH3 is 2. The van der Waals surface area contributed by atoms with Gasteiger partial charge in [-0.05, 0) is 49.3 Å². The Hall–Kier alpha value is -2.90. The molecule has 2 aromatic carbocycles. The molecular formula is C25H31N3O3S. The third-order valence-electron chi connectivity index (χ3n) is 5.41. The van der Waals surface area contributed by atoms with Gasteiger partial charge in [-0.3, -0.25) is 9.69 Å². The highest BCUT2D eigenvalue weighted by Crippen LogP contribution is 2.35. The number of carbonyl (C=O) groups excluding carboxylic acids is 1. The van der Waals surface area contributed by atoms with E-state index >= 15 is 0 Å². The molecule has 1 N–H and O–H groups in total. The second-order valence-electron chi connectivity index (χ2n) is 7.46. The first-order valence-electron chi connectivity index (χ1n) is 10.8. The van der Waals surface area contributed by atoms with Gasteiger partial charge in [-0.1, -0.05) is 38.1 Å². The van der Waals surface area contributed by atoms with E-state index in [1.54, 1.807) is 14.2 Å². The zero-order valence-electron chi connectivity index (χ0n) is 19.4. The van der Waals surface area contributed by atoms with E-state index in [2.05, 4.69) is 53.3 Å². The molecular weight excluding hydrogens is 422 g/mol. The van der Waals surface area contributed by atoms with Crippen LogP contribution < -0.4 is 14.8 Å². The number of rotatable bonds is 10. The summed E-state index contributed by atoms with van der Waals surface area (Å²) >= 11 is 1.38. The van der Waals surface area contributed by atoms with E-state index in [9.17, 15) is 4.79 Å². The highest BCUT2D eigenvalue weighted by atomic mass is 32.1. The lowest BCUT2D eigenvalue weighted by Crippen LogP contribution is -2.23. The van der Waals surface area contributed by atoms with Crippen LogP contribution in [0.2, 0.25) is 0 Å². The van der Waals surface area contributed by atoms with Gasteiger partial charge in [-0.25, -0.2) is 4.98 Å². The molecule has 0 aliphatic carbocycles. The number of aromatic nitrogens is 1. The Morgan fingerprint density at radius 2 is 1.66 bits per heavy atom. The van der Waals surface area contributed by atoms with Gasteiger partial charge in [0.15, 0.2) is 11.5 Å². The van der Waals surface area contributed by atoms with Crippen molar-refractivity contribution in [3.8, 4) is 22.1 Å². The number of nitrogens with one attached hydrogen (secondary N) is 1. The molecule has 0 unspecified atom stereocenters. The first-order valence-corrected chi connectivity index (χ1v) is 11.6. The molecule has 1 aromatic heterocycles. The minimum atomic E-state index is -0.112. The SMILES string of the molecule is CCN(CC)Cc1ccc(CNC(=O)c2sc(-c3ccc(OC)c(OC)c3)nc2C)cc1. The summed E-state index contributed by atoms with van der Waals surface area (Å²) < 4.78 is 10.7. The Morgan fingerprint density at radius 3 is 2.28 bits per heavy atom. The summed E-state index contributed by atoms with van der Waals surface area (Å²) in [6, 6.07) is 14.1. The fourth-order valence-corrected chi connectivity index (χ4v) is 4.41. The van der Waals surface area contributed by atoms with Crippen molar-refractivity contribution in [2.24, 2.45) is 0 Å². The van der Waals surface area contributed by atoms with E-state index in [1.165, 1.54) is 16.9 Å². The van der Waals surface area contributed by atoms with E-state index in [0.717, 1.165) is 35.8 Å². The van der Waals surface area contributed by atoms with Crippen LogP contribution in [-0.4, -0.2) is 43.1 Å². The van der Waals surface area contributed by atoms with Crippen LogP contribution >= 0.6 is 11.3 Å². The van der Waals surface area contributed by atoms with Crippen LogP contribution in [0.1, 0.15) is 40.3 Å². The van der Waals surface area contributed by atoms with Crippen LogP contribution in [0.5, 0.6) is 11.5 Å². The second kappa shape index (κ2) is 11.1. The number of benzene rings is 2. The maximum atomic E-state index is 12.8. The molecule has 6 nitrogen and oxygen atoms in total. The van der Waals surface area contributed by atoms with Crippen molar-refractivity contribution in [2.45, 2.75) is 33.9 Å². The Labute approximate surface area is 194 Å². The molecule has 3 rings (SSSR count). The lowest BCUT2D eigenvalue weighted by molar-refractivity contribution is 0.0954. The third kappa shape index (κ3) is 5.66. The standard InChI is InChI=1S/C25H31N3O3S/c1-6-28(7-2)16-19-10-8-18(9-11-19)15-26-24(29)23-17(3)27-25(32-23)20-12-13-21(30-4)22(14-20)31-5/h8-14H,6-7,15-16H2,1-5H3,(H,26,29). The molecule has 1 amide bonds. The van der Waals surface area contributed by atoms with Crippen molar-refractivity contribution in [2.75, 3.05) is 27.3 Å². The first-order chi connectivity index (χ1) is 15.5. The fraction of sp³-hybridized carbons (Fsp3) is 0.360. The monoisotopic (exact) mass is 453 g/mol. The number of hydrogen-bond acceptors (Lipinski definition) is 6. The summed E-state index contributed by atoms with van der Waals surface area (Å²) in [6.07, 6.45) is 0. The van der Waals surface area contributed by atoms with Crippen LogP contribution in [0.25, 0.3) is 10.6 Å². The molecule has 7 heteroatoms. The smallest absolute Gasteiger partial charge is 0.263 e. The fourth-order valence-electron chi connectivity index (χ4n) is 3.43. The Bertz CT molecular complexity index is 1040. The molecule has 0 spiro atoms. The molecule has 0 saturated heterocycles. The van der Waals surface area contributed by atoms with Crippen LogP contribution in [0.15, 0.2) is 42.5 Å². The van der Waals surface area contributed by atoms with E-state index in [0.29, 0.717) is 28.6 Å². The zero-order valence-corrected chi connectivity index (χ0v) is 20.2. The van der Waals surface area contributed by atoms with Crippen molar-refractivity contribution in [3.05, 3.63) is 64.2 Å². The average molecular weight is 454 g/mol. The maximum absolute atomic E-state index is 12.8. The summed E-state index contributed by atoms with van der Waals surface area (Å²) in [5.41, 5.74) is 3.95. The van der Waals surface area contributed by atoms with E-state index in [-0.39, 0.29) is 5.91 Å². The molecule has 3 aromatic rings. The van der Waals surface area contributed by atoms with Crippen LogP contribution in [0.3, 0.4) is 0 Å². The molecule has 0 fully saturated rings. The Morgan fingerprint density at radius 1 is 1.00 bits per heavy atom. The molecule has 0 aliphatic heterocycles. The summed E-state index contributed by atoms with van der Waals surface area (Å²) in [7, 11) is 3.20. The predicted octanol–water partition coefficient (Wildman–Crippen LogP) is 4.91. The van der Waals surface area contributed by atoms with E-state index in [4.69, 9.17) is 9.47 Å². The van der Waals surface area contributed by atoms with Gasteiger partial charge >= 0.3 is 0 Å². The zero-order chi connectivity index (χ0) is 23.1. The van der Waals surface area contributed by atoms with Gasteiger partial charge < -0.3 is 14.8 Å². The lowest BCUT2D eigenvalue weighted by atomic mass is 10.1. The second-order valence-corrected chi connectivity index (χ2v) is 8.46. The number of aryl methyl sites for hydroxylation is 1. The minimum absolute atomic E-state index is 0.112. The van der Waals surface area contributed by atoms with Gasteiger partial charge in [0.25, 0.3) is 5.91 Å². The summed E-state index contributed by atoms with van der Waals surface area (Å²) in [4.78, 5) is 20.4. The van der Waals surface area contributed by atoms with Gasteiger partial charge in [-0.15, -0.1) is 11.3 Å². The maximum Gasteiger partial charge on any atom is 0.263 e. The van der Waals surface area contributed by atoms with Gasteiger partial charge in [0.1, 0.15) is 9.88 Å². The van der Waals surface area contributed by atoms with Gasteiger partial charge in [0.05, 0.1) is 19.9 Å². The minimum Gasteiger partial charge on any atom is -0.493 e. The molecule has 0 saturated carbocycles. The van der Waals surface area contributed by atoms with Gasteiger partial charge in [0.2, 0.25) is 0 Å². The largest absolute Gasteiger partial charge is 0.493 e. The number of amides is 1. The highest BCUT2D eigenvalue weighted by molar-refractivity contribution is 7.17. The Kier molecular flexibility index (Phi) is 8.25. The number of carbonyl (C=O) groups is 1.